The Labute approximate surface area is 715 Å². The fourth-order valence-electron chi connectivity index (χ4n) is 12.8. The zero-order valence-corrected chi connectivity index (χ0v) is 79.4. The van der Waals surface area contributed by atoms with Crippen LogP contribution in [-0.2, 0) is 46.3 Å². The molecule has 0 heterocycles. The summed E-state index contributed by atoms with van der Waals surface area (Å²) in [5.41, 5.74) is 12.1. The summed E-state index contributed by atoms with van der Waals surface area (Å²) in [5.74, 6) is -0.225. The Kier molecular flexibility index (Phi) is 73.2. The van der Waals surface area contributed by atoms with E-state index in [0.29, 0.717) is 34.9 Å². The van der Waals surface area contributed by atoms with Gasteiger partial charge in [0.05, 0.1) is 92.4 Å². The molecule has 678 valence electrons. The van der Waals surface area contributed by atoms with Gasteiger partial charge in [-0.1, -0.05) is 371 Å². The summed E-state index contributed by atoms with van der Waals surface area (Å²) in [6.07, 6.45) is 61.3. The van der Waals surface area contributed by atoms with Crippen LogP contribution >= 0.6 is 27.2 Å². The van der Waals surface area contributed by atoms with Crippen molar-refractivity contribution in [2.75, 3.05) is 88.4 Å². The van der Waals surface area contributed by atoms with Gasteiger partial charge in [0.2, 0.25) is 11.1 Å². The Morgan fingerprint density at radius 2 is 0.836 bits per heavy atom. The molecule has 24 heteroatoms. The molecule has 0 aromatic heterocycles. The molecule has 20 nitrogen and oxygen atoms in total. The Morgan fingerprint density at radius 3 is 1.20 bits per heavy atom. The average Bonchev–Trinajstić information content (AvgIpc) is 0.747. The van der Waals surface area contributed by atoms with E-state index in [1.54, 1.807) is 12.2 Å². The minimum atomic E-state index is -4.55. The van der Waals surface area contributed by atoms with Gasteiger partial charge in [-0.15, -0.1) is 0 Å². The lowest BCUT2D eigenvalue weighted by atomic mass is 10.0. The van der Waals surface area contributed by atoms with E-state index in [1.807, 2.05) is 96.9 Å². The third-order valence-corrected chi connectivity index (χ3v) is 27.2. The lowest BCUT2D eigenvalue weighted by Gasteiger charge is -2.42. The van der Waals surface area contributed by atoms with E-state index >= 15 is 0 Å². The zero-order chi connectivity index (χ0) is 87.1. The number of aliphatic hydroxyl groups excluding tert-OH is 3. The second kappa shape index (κ2) is 73.7. The highest BCUT2D eigenvalue weighted by molar-refractivity contribution is 7.47. The third-order valence-electron chi connectivity index (χ3n) is 20.3. The van der Waals surface area contributed by atoms with Crippen LogP contribution < -0.4 is 32.1 Å². The molecule has 1 amide bonds. The molecule has 0 saturated heterocycles. The first-order chi connectivity index (χ1) is 55.2. The van der Waals surface area contributed by atoms with E-state index in [-0.39, 0.29) is 49.2 Å². The summed E-state index contributed by atoms with van der Waals surface area (Å²) in [5, 5.41) is 33.4. The van der Waals surface area contributed by atoms with E-state index in [1.165, 1.54) is 193 Å². The number of nitrogens with one attached hydrogen (secondary N) is 1. The van der Waals surface area contributed by atoms with Gasteiger partial charge in [0, 0.05) is 12.8 Å². The molecule has 0 fully saturated rings. The monoisotopic (exact) mass is 1720 g/mol. The Bertz CT molecular complexity index is 2740. The van der Waals surface area contributed by atoms with Crippen LogP contribution in [0.5, 0.6) is 0 Å². The number of nitrogens with two attached hydrogens (primary N) is 2. The summed E-state index contributed by atoms with van der Waals surface area (Å²) in [4.78, 5) is 51.3. The molecular weight excluding hydrogens is 1540 g/mol. The molecule has 116 heavy (non-hydrogen) atoms. The molecule has 9 N–H and O–H groups in total. The Balaban J connectivity index is 0. The molecular formula is C92H175ClN5O15P2Si+. The molecule has 0 aliphatic carbocycles. The van der Waals surface area contributed by atoms with Crippen LogP contribution in [0.4, 0.5) is 0 Å². The van der Waals surface area contributed by atoms with E-state index in [2.05, 4.69) is 91.0 Å². The standard InChI is InChI=1S/C39H67N2O6PSi.C29H59N2O6P.C18H37NO2.C6H11ClO/c1-8-9-10-11-12-13-14-15-16-17-18-19-26-31-38(37(40)34-45-48(42,43)44-33-32-41(5,6)7)46-47-49(39(2,3)4,35-27-22-20-23-28-35)36-29-24-21-25-30-36;1-6-8-10-11-12-13-14-15-16-17-18-19-21-22-28(32)27(30-29(33)23-20-9-7-2)26-37-38(34,35)36-25-24-31(3,4)5;1-2-3-4-5-6-7-8-9-10-11-12-13-14-15-18(21)17(19)16-20;1-2-3-4-5-6(7)8/h20-31,37-38H,8-19,32-34,40H2,1-7H3;21-22,27-28,32H,6-20,23-26H2,1-5H3,(H-,30,33,34,35);14-15,17-18,20-21H,2-13,16,19H2,1H3;2-5H2,1H3/p+1/b31-26+;22-21+;15-14+;/t37-,38+;27-,28+;17-,18+;/m000./s1. The smallest absolute Gasteiger partial charge is 0.472 e. The first kappa shape index (κ1) is 115. The molecule has 2 aromatic rings. The van der Waals surface area contributed by atoms with E-state index in [4.69, 9.17) is 55.7 Å². The van der Waals surface area contributed by atoms with Crippen LogP contribution in [0.15, 0.2) is 97.1 Å². The van der Waals surface area contributed by atoms with Crippen molar-refractivity contribution in [1.82, 2.24) is 5.32 Å². The number of carbonyl (C=O) groups excluding carboxylic acids is 2. The number of nitrogens with zero attached hydrogens (tertiary/aromatic N) is 2. The van der Waals surface area contributed by atoms with Crippen LogP contribution in [0.25, 0.3) is 0 Å². The molecule has 0 spiro atoms. The molecule has 0 saturated carbocycles. The van der Waals surface area contributed by atoms with Crippen LogP contribution in [0.2, 0.25) is 5.04 Å². The number of quaternary nitrogens is 2. The van der Waals surface area contributed by atoms with Crippen LogP contribution in [0, 0.1) is 0 Å². The summed E-state index contributed by atoms with van der Waals surface area (Å²) in [6.45, 7) is 17.8. The SMILES string of the molecule is CCCCCC(=O)Cl.CCCCCCCCCCCCC/C=C/[C@@H](O)[C@@H](N)CO.CCCCCCCCCCCCC/C=C/[C@@H](O)[C@H](COP(=O)([O-])OCC[N+](C)(C)C)NC(=O)CCCCC.CCCCCCCCCCCCC/C=C/[C@@H](OO[Si](c1ccccc1)(c1ccccc1)C(C)(C)C)[C@@H](N)COP(=O)(O)OCC[N+](C)(C)C. The molecule has 2 rings (SSSR count). The van der Waals surface area contributed by atoms with Crippen molar-refractivity contribution in [2.24, 2.45) is 11.5 Å². The molecule has 0 aliphatic heterocycles. The van der Waals surface area contributed by atoms with Crippen molar-refractivity contribution in [3.63, 3.8) is 0 Å². The number of rotatable bonds is 71. The van der Waals surface area contributed by atoms with Crippen molar-refractivity contribution >= 4 is 57.1 Å². The minimum Gasteiger partial charge on any atom is -0.756 e. The predicted octanol–water partition coefficient (Wildman–Crippen LogP) is 20.4. The first-order valence-electron chi connectivity index (χ1n) is 45.5. The van der Waals surface area contributed by atoms with E-state index in [0.717, 1.165) is 87.4 Å². The molecule has 2 aromatic carbocycles. The molecule has 8 atom stereocenters. The number of amides is 1. The van der Waals surface area contributed by atoms with Gasteiger partial charge in [-0.25, -0.2) is 9.45 Å². The maximum atomic E-state index is 12.7. The van der Waals surface area contributed by atoms with Gasteiger partial charge in [0.1, 0.15) is 32.4 Å². The summed E-state index contributed by atoms with van der Waals surface area (Å²) >= 11 is 5.07. The fraction of sp³-hybridized carbons (Fsp3) is 0.783. The molecule has 0 aliphatic rings. The van der Waals surface area contributed by atoms with Gasteiger partial charge in [-0.3, -0.25) is 27.8 Å². The van der Waals surface area contributed by atoms with E-state index < -0.39 is 60.4 Å². The highest BCUT2D eigenvalue weighted by Crippen LogP contribution is 2.44. The number of phosphoric acid groups is 2. The summed E-state index contributed by atoms with van der Waals surface area (Å²) in [7, 11) is -0.122. The van der Waals surface area contributed by atoms with Gasteiger partial charge >= 0.3 is 16.1 Å². The number of benzene rings is 2. The molecule has 0 bridgehead atoms. The minimum absolute atomic E-state index is 0.000262. The van der Waals surface area contributed by atoms with Gasteiger partial charge < -0.3 is 59.9 Å². The number of likely N-dealkylation sites (N-methyl/N-ethyl adjacent to an activating group) is 2. The number of aliphatic hydroxyl groups is 3. The third kappa shape index (κ3) is 67.7. The van der Waals surface area contributed by atoms with Crippen molar-refractivity contribution in [3.05, 3.63) is 97.1 Å². The van der Waals surface area contributed by atoms with Crippen molar-refractivity contribution in [1.29, 1.82) is 0 Å². The van der Waals surface area contributed by atoms with Crippen LogP contribution in [0.1, 0.15) is 338 Å². The summed E-state index contributed by atoms with van der Waals surface area (Å²) < 4.78 is 53.4. The molecule has 2 unspecified atom stereocenters. The molecule has 0 radical (unpaired) electrons. The van der Waals surface area contributed by atoms with Gasteiger partial charge in [-0.2, -0.15) is 0 Å². The Morgan fingerprint density at radius 1 is 0.491 bits per heavy atom. The average molecular weight is 1720 g/mol. The maximum Gasteiger partial charge on any atom is 0.472 e. The topological polar surface area (TPSA) is 292 Å². The van der Waals surface area contributed by atoms with Gasteiger partial charge in [0.15, 0.2) is 0 Å². The lowest BCUT2D eigenvalue weighted by Crippen LogP contribution is -2.67. The van der Waals surface area contributed by atoms with Crippen molar-refractivity contribution in [3.8, 4) is 0 Å². The summed E-state index contributed by atoms with van der Waals surface area (Å²) in [6, 6.07) is 18.3. The largest absolute Gasteiger partial charge is 0.756 e. The predicted molar refractivity (Wildman–Crippen MR) is 487 cm³/mol. The highest BCUT2D eigenvalue weighted by atomic mass is 35.5. The lowest BCUT2D eigenvalue weighted by molar-refractivity contribution is -0.870. The number of carbonyl (C=O) groups is 2. The second-order valence-electron chi connectivity index (χ2n) is 34.7. The fourth-order valence-corrected chi connectivity index (χ4v) is 18.5. The van der Waals surface area contributed by atoms with Crippen LogP contribution in [-0.4, -0.2) is 173 Å². The number of halogens is 1. The van der Waals surface area contributed by atoms with E-state index in [9.17, 15) is 38.7 Å². The van der Waals surface area contributed by atoms with Gasteiger partial charge in [-0.05, 0) is 78.4 Å². The maximum absolute atomic E-state index is 12.7. The second-order valence-corrected chi connectivity index (χ2v) is 42.2. The Hall–Kier alpha value is -2.83. The number of hydrogen-bond acceptors (Lipinski definition) is 16. The van der Waals surface area contributed by atoms with Crippen LogP contribution in [0.3, 0.4) is 0 Å². The number of unbranched alkanes of at least 4 members (excludes halogenated alkanes) is 37. The normalized spacial score (nSPS) is 14.8. The quantitative estimate of drug-likeness (QED) is 0.00473. The van der Waals surface area contributed by atoms with Crippen molar-refractivity contribution in [2.45, 2.75) is 379 Å². The number of allylic oxidation sites excluding steroid dienone is 3. The first-order valence-corrected chi connectivity index (χ1v) is 50.7. The highest BCUT2D eigenvalue weighted by Gasteiger charge is 2.52. The zero-order valence-electron chi connectivity index (χ0n) is 75.9. The number of phosphoric ester groups is 2. The number of hydrogen-bond donors (Lipinski definition) is 7. The van der Waals surface area contributed by atoms with Crippen molar-refractivity contribution < 1.29 is 80.4 Å². The van der Waals surface area contributed by atoms with Gasteiger partial charge in [0.25, 0.3) is 7.82 Å².